The van der Waals surface area contributed by atoms with Gasteiger partial charge in [0.15, 0.2) is 0 Å². The molecule has 2 nitrogen and oxygen atoms in total. The molecule has 1 aromatic rings. The van der Waals surface area contributed by atoms with Crippen LogP contribution in [0.1, 0.15) is 25.8 Å². The fourth-order valence-corrected chi connectivity index (χ4v) is 0.936. The molecule has 0 amide bonds. The molecule has 80 valence electrons. The number of nitrogens with one attached hydrogen (secondary N) is 1. The van der Waals surface area contributed by atoms with Gasteiger partial charge in [0.2, 0.25) is 0 Å². The molecule has 0 saturated carbocycles. The average Bonchev–Trinajstić information content (AvgIpc) is 2.26. The lowest BCUT2D eigenvalue weighted by molar-refractivity contribution is 0.626. The zero-order valence-corrected chi connectivity index (χ0v) is 9.00. The van der Waals surface area contributed by atoms with Crippen molar-refractivity contribution >= 4 is 6.21 Å². The number of allylic oxidation sites excluding steroid dienone is 1. The second-order valence-electron chi connectivity index (χ2n) is 3.25. The van der Waals surface area contributed by atoms with E-state index in [0.29, 0.717) is 5.56 Å². The molecule has 0 radical (unpaired) electrons. The second kappa shape index (κ2) is 5.96. The normalized spacial score (nSPS) is 12.1. The number of nitrogens with zero attached hydrogens (tertiary/aromatic N) is 1. The van der Waals surface area contributed by atoms with Crippen LogP contribution in [-0.2, 0) is 0 Å². The van der Waals surface area contributed by atoms with Crippen LogP contribution in [-0.4, -0.2) is 6.21 Å². The number of hydrogen-bond donors (Lipinski definition) is 1. The van der Waals surface area contributed by atoms with Crippen molar-refractivity contribution in [1.29, 1.82) is 0 Å². The molecular formula is C12H15FN2. The van der Waals surface area contributed by atoms with Gasteiger partial charge in [-0.3, -0.25) is 5.43 Å². The van der Waals surface area contributed by atoms with Gasteiger partial charge >= 0.3 is 0 Å². The standard InChI is InChI=1S/C12H15FN2/c1-3-10(2)8-14-15-9-11-6-4-5-7-12(11)13/h4-9,14H,3H2,1-2H3/b10-8-,15-9+. The van der Waals surface area contributed by atoms with Gasteiger partial charge in [0.25, 0.3) is 0 Å². The van der Waals surface area contributed by atoms with Crippen LogP contribution in [0.15, 0.2) is 41.1 Å². The summed E-state index contributed by atoms with van der Waals surface area (Å²) >= 11 is 0. The molecule has 0 aromatic heterocycles. The quantitative estimate of drug-likeness (QED) is 0.594. The first kappa shape index (κ1) is 11.4. The second-order valence-corrected chi connectivity index (χ2v) is 3.25. The molecule has 0 atom stereocenters. The van der Waals surface area contributed by atoms with E-state index in [2.05, 4.69) is 17.5 Å². The monoisotopic (exact) mass is 206 g/mol. The van der Waals surface area contributed by atoms with Gasteiger partial charge < -0.3 is 0 Å². The maximum absolute atomic E-state index is 13.1. The van der Waals surface area contributed by atoms with Crippen LogP contribution < -0.4 is 5.43 Å². The predicted molar refractivity (Wildman–Crippen MR) is 61.2 cm³/mol. The molecular weight excluding hydrogens is 191 g/mol. The highest BCUT2D eigenvalue weighted by molar-refractivity contribution is 5.79. The maximum Gasteiger partial charge on any atom is 0.132 e. The lowest BCUT2D eigenvalue weighted by atomic mass is 10.2. The Labute approximate surface area is 89.5 Å². The van der Waals surface area contributed by atoms with Crippen molar-refractivity contribution in [2.75, 3.05) is 0 Å². The van der Waals surface area contributed by atoms with Crippen LogP contribution in [0.25, 0.3) is 0 Å². The molecule has 1 aromatic carbocycles. The first-order chi connectivity index (χ1) is 7.24. The van der Waals surface area contributed by atoms with Gasteiger partial charge in [-0.15, -0.1) is 0 Å². The van der Waals surface area contributed by atoms with Gasteiger partial charge in [-0.2, -0.15) is 5.10 Å². The van der Waals surface area contributed by atoms with Crippen LogP contribution in [0, 0.1) is 5.82 Å². The summed E-state index contributed by atoms with van der Waals surface area (Å²) in [6.07, 6.45) is 4.24. The SMILES string of the molecule is CC/C(C)=C\N/N=C/c1ccccc1F. The molecule has 0 aliphatic carbocycles. The number of hydrogen-bond acceptors (Lipinski definition) is 2. The third kappa shape index (κ3) is 3.94. The smallest absolute Gasteiger partial charge is 0.132 e. The Bertz CT molecular complexity index is 370. The van der Waals surface area contributed by atoms with Crippen molar-refractivity contribution in [3.05, 3.63) is 47.4 Å². The first-order valence-electron chi connectivity index (χ1n) is 4.92. The Hall–Kier alpha value is -1.64. The van der Waals surface area contributed by atoms with Crippen molar-refractivity contribution in [2.24, 2.45) is 5.10 Å². The molecule has 0 fully saturated rings. The van der Waals surface area contributed by atoms with Gasteiger partial charge in [-0.05, 0) is 19.4 Å². The van der Waals surface area contributed by atoms with E-state index in [1.165, 1.54) is 17.9 Å². The molecule has 0 aliphatic rings. The molecule has 0 spiro atoms. The van der Waals surface area contributed by atoms with Crippen LogP contribution in [0.5, 0.6) is 0 Å². The Morgan fingerprint density at radius 3 is 2.87 bits per heavy atom. The van der Waals surface area contributed by atoms with E-state index >= 15 is 0 Å². The molecule has 0 aliphatic heterocycles. The zero-order chi connectivity index (χ0) is 11.1. The maximum atomic E-state index is 13.1. The molecule has 1 N–H and O–H groups in total. The molecule has 1 rings (SSSR count). The van der Waals surface area contributed by atoms with Gasteiger partial charge in [0.1, 0.15) is 5.82 Å². The zero-order valence-electron chi connectivity index (χ0n) is 9.00. The van der Waals surface area contributed by atoms with E-state index in [4.69, 9.17) is 0 Å². The van der Waals surface area contributed by atoms with Crippen molar-refractivity contribution in [3.8, 4) is 0 Å². The number of rotatable bonds is 4. The molecule has 15 heavy (non-hydrogen) atoms. The van der Waals surface area contributed by atoms with Gasteiger partial charge in [0.05, 0.1) is 6.21 Å². The van der Waals surface area contributed by atoms with E-state index in [1.807, 2.05) is 6.92 Å². The summed E-state index contributed by atoms with van der Waals surface area (Å²) in [5, 5.41) is 3.90. The predicted octanol–water partition coefficient (Wildman–Crippen LogP) is 3.06. The summed E-state index contributed by atoms with van der Waals surface area (Å²) in [6.45, 7) is 4.07. The Kier molecular flexibility index (Phi) is 4.54. The third-order valence-corrected chi connectivity index (χ3v) is 2.05. The molecule has 0 bridgehead atoms. The third-order valence-electron chi connectivity index (χ3n) is 2.05. The molecule has 0 unspecified atom stereocenters. The largest absolute Gasteiger partial charge is 0.286 e. The summed E-state index contributed by atoms with van der Waals surface area (Å²) in [5.41, 5.74) is 4.43. The van der Waals surface area contributed by atoms with Crippen molar-refractivity contribution < 1.29 is 4.39 Å². The minimum atomic E-state index is -0.265. The number of halogens is 1. The highest BCUT2D eigenvalue weighted by Gasteiger charge is 1.94. The topological polar surface area (TPSA) is 24.4 Å². The summed E-state index contributed by atoms with van der Waals surface area (Å²) < 4.78 is 13.1. The average molecular weight is 206 g/mol. The van der Waals surface area contributed by atoms with Gasteiger partial charge in [-0.25, -0.2) is 4.39 Å². The van der Waals surface area contributed by atoms with E-state index in [-0.39, 0.29) is 5.82 Å². The molecule has 0 heterocycles. The molecule has 0 saturated heterocycles. The lowest BCUT2D eigenvalue weighted by Crippen LogP contribution is -1.97. The van der Waals surface area contributed by atoms with Gasteiger partial charge in [-0.1, -0.05) is 30.7 Å². The lowest BCUT2D eigenvalue weighted by Gasteiger charge is -1.96. The van der Waals surface area contributed by atoms with Gasteiger partial charge in [0, 0.05) is 11.8 Å². The van der Waals surface area contributed by atoms with E-state index in [0.717, 1.165) is 6.42 Å². The van der Waals surface area contributed by atoms with Crippen molar-refractivity contribution in [2.45, 2.75) is 20.3 Å². The fourth-order valence-electron chi connectivity index (χ4n) is 0.936. The minimum Gasteiger partial charge on any atom is -0.286 e. The summed E-state index contributed by atoms with van der Waals surface area (Å²) in [4.78, 5) is 0. The Morgan fingerprint density at radius 2 is 2.20 bits per heavy atom. The number of benzene rings is 1. The Morgan fingerprint density at radius 1 is 1.47 bits per heavy atom. The highest BCUT2D eigenvalue weighted by atomic mass is 19.1. The molecule has 3 heteroatoms. The summed E-state index contributed by atoms with van der Waals surface area (Å²) in [5.74, 6) is -0.265. The van der Waals surface area contributed by atoms with E-state index in [1.54, 1.807) is 24.4 Å². The Balaban J connectivity index is 2.56. The number of hydrazone groups is 1. The minimum absolute atomic E-state index is 0.265. The van der Waals surface area contributed by atoms with Crippen LogP contribution in [0.3, 0.4) is 0 Å². The first-order valence-corrected chi connectivity index (χ1v) is 4.92. The van der Waals surface area contributed by atoms with Crippen molar-refractivity contribution in [1.82, 2.24) is 5.43 Å². The van der Waals surface area contributed by atoms with E-state index < -0.39 is 0 Å². The van der Waals surface area contributed by atoms with Crippen LogP contribution in [0.4, 0.5) is 4.39 Å². The summed E-state index contributed by atoms with van der Waals surface area (Å²) in [7, 11) is 0. The highest BCUT2D eigenvalue weighted by Crippen LogP contribution is 2.02. The summed E-state index contributed by atoms with van der Waals surface area (Å²) in [6, 6.07) is 6.52. The van der Waals surface area contributed by atoms with Crippen molar-refractivity contribution in [3.63, 3.8) is 0 Å². The fraction of sp³-hybridized carbons (Fsp3) is 0.250. The van der Waals surface area contributed by atoms with E-state index in [9.17, 15) is 4.39 Å². The van der Waals surface area contributed by atoms with Crippen LogP contribution in [0.2, 0.25) is 0 Å². The van der Waals surface area contributed by atoms with Crippen LogP contribution >= 0.6 is 0 Å².